The molecule has 0 bridgehead atoms. The molecule has 0 atom stereocenters. The molecule has 2 aromatic rings. The number of rotatable bonds is 2. The minimum atomic E-state index is 0.505. The van der Waals surface area contributed by atoms with Crippen LogP contribution in [0.5, 0.6) is 0 Å². The van der Waals surface area contributed by atoms with Gasteiger partial charge in [-0.15, -0.1) is 0 Å². The predicted molar refractivity (Wildman–Crippen MR) is 59.0 cm³/mol. The van der Waals surface area contributed by atoms with Gasteiger partial charge in [-0.2, -0.15) is 0 Å². The van der Waals surface area contributed by atoms with E-state index in [-0.39, 0.29) is 0 Å². The number of hydrogen-bond acceptors (Lipinski definition) is 2. The molecule has 0 amide bonds. The maximum Gasteiger partial charge on any atom is 0.0545 e. The summed E-state index contributed by atoms with van der Waals surface area (Å²) in [5.74, 6) is 0. The highest BCUT2D eigenvalue weighted by atomic mass is 14.7. The highest BCUT2D eigenvalue weighted by Crippen LogP contribution is 2.16. The van der Waals surface area contributed by atoms with Crippen molar-refractivity contribution in [2.75, 3.05) is 0 Å². The third kappa shape index (κ3) is 1.61. The van der Waals surface area contributed by atoms with Crippen molar-refractivity contribution in [1.29, 1.82) is 0 Å². The summed E-state index contributed by atoms with van der Waals surface area (Å²) in [6.07, 6.45) is 2.96. The zero-order valence-electron chi connectivity index (χ0n) is 8.33. The monoisotopic (exact) mass is 186 g/mol. The molecule has 0 radical (unpaired) electrons. The van der Waals surface area contributed by atoms with Crippen molar-refractivity contribution < 1.29 is 0 Å². The maximum atomic E-state index is 5.53. The molecule has 2 heteroatoms. The minimum Gasteiger partial charge on any atom is -0.325 e. The van der Waals surface area contributed by atoms with Crippen molar-refractivity contribution >= 4 is 10.8 Å². The molecule has 2 nitrogen and oxygen atoms in total. The Morgan fingerprint density at radius 2 is 2.07 bits per heavy atom. The summed E-state index contributed by atoms with van der Waals surface area (Å²) in [5, 5.41) is 2.42. The van der Waals surface area contributed by atoms with Crippen LogP contribution in [0, 0.1) is 0 Å². The maximum absolute atomic E-state index is 5.53. The number of pyridine rings is 1. The molecule has 2 N–H and O–H groups in total. The Labute approximate surface area is 83.8 Å². The predicted octanol–water partition coefficient (Wildman–Crippen LogP) is 2.26. The summed E-state index contributed by atoms with van der Waals surface area (Å²) in [6, 6.07) is 8.52. The Kier molecular flexibility index (Phi) is 2.46. The number of nitrogens with zero attached hydrogens (tertiary/aromatic N) is 1. The largest absolute Gasteiger partial charge is 0.325 e. The van der Waals surface area contributed by atoms with E-state index in [4.69, 9.17) is 5.73 Å². The van der Waals surface area contributed by atoms with E-state index in [0.717, 1.165) is 12.1 Å². The van der Waals surface area contributed by atoms with Gasteiger partial charge in [0.2, 0.25) is 0 Å². The molecule has 0 saturated carbocycles. The molecular formula is C12H14N2. The van der Waals surface area contributed by atoms with Crippen LogP contribution < -0.4 is 5.73 Å². The van der Waals surface area contributed by atoms with Gasteiger partial charge in [0.1, 0.15) is 0 Å². The van der Waals surface area contributed by atoms with E-state index in [9.17, 15) is 0 Å². The highest BCUT2D eigenvalue weighted by Gasteiger charge is 1.97. The number of aryl methyl sites for hydroxylation is 1. The van der Waals surface area contributed by atoms with Gasteiger partial charge < -0.3 is 5.73 Å². The number of hydrogen-bond donors (Lipinski definition) is 1. The van der Waals surface area contributed by atoms with Gasteiger partial charge >= 0.3 is 0 Å². The Balaban J connectivity index is 2.57. The summed E-state index contributed by atoms with van der Waals surface area (Å²) in [6.45, 7) is 2.66. The van der Waals surface area contributed by atoms with Gasteiger partial charge in [-0.3, -0.25) is 4.98 Å². The second kappa shape index (κ2) is 3.76. The fourth-order valence-corrected chi connectivity index (χ4v) is 1.57. The molecule has 0 unspecified atom stereocenters. The molecule has 0 saturated heterocycles. The first-order valence-corrected chi connectivity index (χ1v) is 4.91. The lowest BCUT2D eigenvalue weighted by atomic mass is 10.1. The fraction of sp³-hybridized carbons (Fsp3) is 0.250. The van der Waals surface area contributed by atoms with E-state index in [2.05, 4.69) is 36.2 Å². The molecule has 0 aliphatic carbocycles. The molecule has 1 aromatic heterocycles. The highest BCUT2D eigenvalue weighted by molar-refractivity contribution is 5.82. The van der Waals surface area contributed by atoms with Crippen molar-refractivity contribution in [2.45, 2.75) is 19.9 Å². The third-order valence-electron chi connectivity index (χ3n) is 2.46. The summed E-state index contributed by atoms with van der Waals surface area (Å²) in [7, 11) is 0. The lowest BCUT2D eigenvalue weighted by molar-refractivity contribution is 0.997. The Bertz CT molecular complexity index is 406. The van der Waals surface area contributed by atoms with Crippen LogP contribution in [0.4, 0.5) is 0 Å². The van der Waals surface area contributed by atoms with E-state index < -0.39 is 0 Å². The standard InChI is InChI=1S/C12H14N2/c1-2-9-3-4-10-6-12(7-13)14-8-11(10)5-9/h3-6,8H,2,7,13H2,1H3. The lowest BCUT2D eigenvalue weighted by Gasteiger charge is -2.02. The average molecular weight is 186 g/mol. The van der Waals surface area contributed by atoms with Gasteiger partial charge in [0.25, 0.3) is 0 Å². The molecular weight excluding hydrogens is 172 g/mol. The average Bonchev–Trinajstić information content (AvgIpc) is 2.27. The van der Waals surface area contributed by atoms with Crippen LogP contribution in [0.2, 0.25) is 0 Å². The SMILES string of the molecule is CCc1ccc2cc(CN)ncc2c1. The second-order valence-electron chi connectivity index (χ2n) is 3.41. The van der Waals surface area contributed by atoms with Crippen LogP contribution in [0.15, 0.2) is 30.5 Å². The molecule has 2 rings (SSSR count). The van der Waals surface area contributed by atoms with Gasteiger partial charge in [0, 0.05) is 18.1 Å². The van der Waals surface area contributed by atoms with Crippen molar-refractivity contribution in [3.05, 3.63) is 41.7 Å². The van der Waals surface area contributed by atoms with Crippen molar-refractivity contribution in [3.8, 4) is 0 Å². The normalized spacial score (nSPS) is 10.7. The van der Waals surface area contributed by atoms with Crippen LogP contribution in [0.25, 0.3) is 10.8 Å². The third-order valence-corrected chi connectivity index (χ3v) is 2.46. The lowest BCUT2D eigenvalue weighted by Crippen LogP contribution is -1.98. The smallest absolute Gasteiger partial charge is 0.0545 e. The molecule has 0 spiro atoms. The van der Waals surface area contributed by atoms with Gasteiger partial charge in [-0.05, 0) is 29.5 Å². The van der Waals surface area contributed by atoms with Gasteiger partial charge in [-0.1, -0.05) is 19.1 Å². The summed E-state index contributed by atoms with van der Waals surface area (Å²) in [5.41, 5.74) is 7.83. The molecule has 0 aliphatic heterocycles. The first-order chi connectivity index (χ1) is 6.83. The molecule has 72 valence electrons. The summed E-state index contributed by atoms with van der Waals surface area (Å²) < 4.78 is 0. The Hall–Kier alpha value is -1.41. The molecule has 1 heterocycles. The molecule has 0 fully saturated rings. The number of nitrogens with two attached hydrogens (primary N) is 1. The number of fused-ring (bicyclic) bond motifs is 1. The second-order valence-corrected chi connectivity index (χ2v) is 3.41. The van der Waals surface area contributed by atoms with Gasteiger partial charge in [-0.25, -0.2) is 0 Å². The zero-order valence-corrected chi connectivity index (χ0v) is 8.33. The van der Waals surface area contributed by atoms with Crippen LogP contribution >= 0.6 is 0 Å². The van der Waals surface area contributed by atoms with E-state index in [1.54, 1.807) is 0 Å². The molecule has 0 aliphatic rings. The zero-order chi connectivity index (χ0) is 9.97. The van der Waals surface area contributed by atoms with Crippen LogP contribution in [0.3, 0.4) is 0 Å². The molecule has 14 heavy (non-hydrogen) atoms. The summed E-state index contributed by atoms with van der Waals surface area (Å²) >= 11 is 0. The first kappa shape index (κ1) is 9.16. The number of aromatic nitrogens is 1. The van der Waals surface area contributed by atoms with Gasteiger partial charge in [0.15, 0.2) is 0 Å². The van der Waals surface area contributed by atoms with Crippen LogP contribution in [0.1, 0.15) is 18.2 Å². The van der Waals surface area contributed by atoms with E-state index in [1.807, 2.05) is 6.20 Å². The van der Waals surface area contributed by atoms with Crippen molar-refractivity contribution in [2.24, 2.45) is 5.73 Å². The quantitative estimate of drug-likeness (QED) is 0.781. The summed E-state index contributed by atoms with van der Waals surface area (Å²) in [4.78, 5) is 4.28. The molecule has 1 aromatic carbocycles. The Morgan fingerprint density at radius 1 is 1.21 bits per heavy atom. The van der Waals surface area contributed by atoms with Crippen molar-refractivity contribution in [3.63, 3.8) is 0 Å². The van der Waals surface area contributed by atoms with Gasteiger partial charge in [0.05, 0.1) is 5.69 Å². The Morgan fingerprint density at radius 3 is 2.79 bits per heavy atom. The van der Waals surface area contributed by atoms with E-state index in [1.165, 1.54) is 16.3 Å². The van der Waals surface area contributed by atoms with Crippen molar-refractivity contribution in [1.82, 2.24) is 4.98 Å². The van der Waals surface area contributed by atoms with Crippen LogP contribution in [-0.2, 0) is 13.0 Å². The minimum absolute atomic E-state index is 0.505. The van der Waals surface area contributed by atoms with E-state index >= 15 is 0 Å². The fourth-order valence-electron chi connectivity index (χ4n) is 1.57. The topological polar surface area (TPSA) is 38.9 Å². The van der Waals surface area contributed by atoms with E-state index in [0.29, 0.717) is 6.54 Å². The number of benzene rings is 1. The first-order valence-electron chi connectivity index (χ1n) is 4.91. The van der Waals surface area contributed by atoms with Crippen LogP contribution in [-0.4, -0.2) is 4.98 Å².